The average Bonchev–Trinajstić information content (AvgIpc) is 3.25. The number of para-hydroxylation sites is 3. The lowest BCUT2D eigenvalue weighted by atomic mass is 10.1. The number of amides is 2. The van der Waals surface area contributed by atoms with Gasteiger partial charge in [0.1, 0.15) is 11.4 Å². The molecule has 0 bridgehead atoms. The smallest absolute Gasteiger partial charge is 0.275 e. The third-order valence-corrected chi connectivity index (χ3v) is 5.05. The fourth-order valence-electron chi connectivity index (χ4n) is 2.84. The van der Waals surface area contributed by atoms with E-state index in [0.29, 0.717) is 22.3 Å². The number of carbonyl (C=O) groups excluding carboxylic acids is 2. The van der Waals surface area contributed by atoms with Crippen LogP contribution >= 0.6 is 11.3 Å². The van der Waals surface area contributed by atoms with Gasteiger partial charge in [0.25, 0.3) is 5.91 Å². The van der Waals surface area contributed by atoms with Crippen LogP contribution in [-0.2, 0) is 11.2 Å². The van der Waals surface area contributed by atoms with E-state index in [0.717, 1.165) is 5.56 Å². The van der Waals surface area contributed by atoms with E-state index in [2.05, 4.69) is 15.6 Å². The molecule has 1 aromatic heterocycles. The topological polar surface area (TPSA) is 80.3 Å². The van der Waals surface area contributed by atoms with Crippen LogP contribution in [-0.4, -0.2) is 16.8 Å². The molecule has 0 atom stereocenters. The summed E-state index contributed by atoms with van der Waals surface area (Å²) in [5.74, 6) is 0.618. The molecule has 3 aromatic carbocycles. The zero-order valence-corrected chi connectivity index (χ0v) is 17.3. The minimum atomic E-state index is -0.385. The number of benzene rings is 3. The van der Waals surface area contributed by atoms with Gasteiger partial charge in [0.15, 0.2) is 10.9 Å². The molecule has 0 aliphatic carbocycles. The van der Waals surface area contributed by atoms with Crippen molar-refractivity contribution in [2.24, 2.45) is 0 Å². The van der Waals surface area contributed by atoms with Gasteiger partial charge in [-0.05, 0) is 29.8 Å². The number of thiazole rings is 1. The molecule has 0 saturated heterocycles. The third kappa shape index (κ3) is 5.55. The van der Waals surface area contributed by atoms with Gasteiger partial charge in [-0.2, -0.15) is 0 Å². The average molecular weight is 430 g/mol. The Hall–Kier alpha value is -3.97. The molecule has 0 unspecified atom stereocenters. The number of hydrogen-bond acceptors (Lipinski definition) is 5. The van der Waals surface area contributed by atoms with Gasteiger partial charge in [0, 0.05) is 5.38 Å². The number of rotatable bonds is 7. The molecular formula is C24H19N3O3S. The van der Waals surface area contributed by atoms with Crippen LogP contribution < -0.4 is 15.4 Å². The van der Waals surface area contributed by atoms with Crippen LogP contribution in [0.15, 0.2) is 90.3 Å². The number of nitrogens with one attached hydrogen (secondary N) is 2. The molecule has 6 nitrogen and oxygen atoms in total. The van der Waals surface area contributed by atoms with Crippen LogP contribution in [0.1, 0.15) is 16.1 Å². The van der Waals surface area contributed by atoms with Crippen molar-refractivity contribution in [3.05, 3.63) is 102 Å². The number of hydrogen-bond donors (Lipinski definition) is 2. The first-order valence-electron chi connectivity index (χ1n) is 9.60. The lowest BCUT2D eigenvalue weighted by Crippen LogP contribution is -2.15. The SMILES string of the molecule is O=C(Cc1ccccc1)Nc1nc(C(=O)Nc2ccccc2Oc2ccccc2)cs1. The fourth-order valence-corrected chi connectivity index (χ4v) is 3.55. The quantitative estimate of drug-likeness (QED) is 0.414. The maximum Gasteiger partial charge on any atom is 0.275 e. The van der Waals surface area contributed by atoms with Crippen LogP contribution in [0.4, 0.5) is 10.8 Å². The zero-order valence-electron chi connectivity index (χ0n) is 16.4. The maximum absolute atomic E-state index is 12.7. The largest absolute Gasteiger partial charge is 0.455 e. The molecule has 0 saturated carbocycles. The summed E-state index contributed by atoms with van der Waals surface area (Å²) in [7, 11) is 0. The highest BCUT2D eigenvalue weighted by Crippen LogP contribution is 2.29. The molecule has 7 heteroatoms. The Morgan fingerprint density at radius 2 is 1.52 bits per heavy atom. The van der Waals surface area contributed by atoms with E-state index in [-0.39, 0.29) is 23.9 Å². The summed E-state index contributed by atoms with van der Waals surface area (Å²) in [4.78, 5) is 29.1. The Labute approximate surface area is 183 Å². The Morgan fingerprint density at radius 3 is 2.29 bits per heavy atom. The van der Waals surface area contributed by atoms with Gasteiger partial charge in [-0.15, -0.1) is 11.3 Å². The number of nitrogens with zero attached hydrogens (tertiary/aromatic N) is 1. The van der Waals surface area contributed by atoms with Crippen molar-refractivity contribution < 1.29 is 14.3 Å². The molecule has 4 rings (SSSR count). The molecule has 1 heterocycles. The Kier molecular flexibility index (Phi) is 6.35. The van der Waals surface area contributed by atoms with Gasteiger partial charge in [-0.1, -0.05) is 60.7 Å². The van der Waals surface area contributed by atoms with E-state index in [1.807, 2.05) is 72.8 Å². The first-order chi connectivity index (χ1) is 15.2. The van der Waals surface area contributed by atoms with Gasteiger partial charge in [0.2, 0.25) is 5.91 Å². The van der Waals surface area contributed by atoms with E-state index in [1.54, 1.807) is 17.5 Å². The normalized spacial score (nSPS) is 10.3. The van der Waals surface area contributed by atoms with Crippen LogP contribution in [0, 0.1) is 0 Å². The molecule has 31 heavy (non-hydrogen) atoms. The second-order valence-electron chi connectivity index (χ2n) is 6.61. The summed E-state index contributed by atoms with van der Waals surface area (Å²) < 4.78 is 5.87. The van der Waals surface area contributed by atoms with Crippen molar-refractivity contribution in [1.82, 2.24) is 4.98 Å². The molecular weight excluding hydrogens is 410 g/mol. The van der Waals surface area contributed by atoms with Gasteiger partial charge < -0.3 is 15.4 Å². The summed E-state index contributed by atoms with van der Waals surface area (Å²) >= 11 is 1.20. The van der Waals surface area contributed by atoms with Crippen molar-refractivity contribution in [2.75, 3.05) is 10.6 Å². The molecule has 4 aromatic rings. The third-order valence-electron chi connectivity index (χ3n) is 4.30. The Balaban J connectivity index is 1.40. The van der Waals surface area contributed by atoms with Gasteiger partial charge in [-0.3, -0.25) is 9.59 Å². The molecule has 0 aliphatic rings. The van der Waals surface area contributed by atoms with Gasteiger partial charge >= 0.3 is 0 Å². The van der Waals surface area contributed by atoms with E-state index in [9.17, 15) is 9.59 Å². The van der Waals surface area contributed by atoms with E-state index in [4.69, 9.17) is 4.74 Å². The summed E-state index contributed by atoms with van der Waals surface area (Å²) in [5, 5.41) is 7.54. The molecule has 154 valence electrons. The van der Waals surface area contributed by atoms with Gasteiger partial charge in [-0.25, -0.2) is 4.98 Å². The summed E-state index contributed by atoms with van der Waals surface area (Å²) in [6.07, 6.45) is 0.242. The minimum absolute atomic E-state index is 0.186. The standard InChI is InChI=1S/C24H19N3O3S/c28-22(15-17-9-3-1-4-10-17)27-24-26-20(16-31-24)23(29)25-19-13-7-8-14-21(19)30-18-11-5-2-6-12-18/h1-14,16H,15H2,(H,25,29)(H,26,27,28). The molecule has 0 fully saturated rings. The van der Waals surface area contributed by atoms with Gasteiger partial charge in [0.05, 0.1) is 12.1 Å². The van der Waals surface area contributed by atoms with Crippen molar-refractivity contribution in [3.63, 3.8) is 0 Å². The highest BCUT2D eigenvalue weighted by Gasteiger charge is 2.15. The lowest BCUT2D eigenvalue weighted by Gasteiger charge is -2.11. The second kappa shape index (κ2) is 9.69. The maximum atomic E-state index is 12.7. The van der Waals surface area contributed by atoms with E-state index in [1.165, 1.54) is 11.3 Å². The summed E-state index contributed by atoms with van der Waals surface area (Å²) in [6, 6.07) is 25.9. The Morgan fingerprint density at radius 1 is 0.839 bits per heavy atom. The fraction of sp³-hybridized carbons (Fsp3) is 0.0417. The molecule has 0 radical (unpaired) electrons. The van der Waals surface area contributed by atoms with Crippen molar-refractivity contribution in [3.8, 4) is 11.5 Å². The minimum Gasteiger partial charge on any atom is -0.455 e. The van der Waals surface area contributed by atoms with Crippen molar-refractivity contribution in [1.29, 1.82) is 0 Å². The van der Waals surface area contributed by atoms with E-state index < -0.39 is 0 Å². The second-order valence-corrected chi connectivity index (χ2v) is 7.47. The molecule has 0 spiro atoms. The highest BCUT2D eigenvalue weighted by molar-refractivity contribution is 7.14. The van der Waals surface area contributed by atoms with Crippen molar-refractivity contribution >= 4 is 34.0 Å². The number of carbonyl (C=O) groups is 2. The van der Waals surface area contributed by atoms with Crippen LogP contribution in [0.25, 0.3) is 0 Å². The molecule has 2 N–H and O–H groups in total. The number of ether oxygens (including phenoxy) is 1. The monoisotopic (exact) mass is 429 g/mol. The Bertz CT molecular complexity index is 1180. The number of aromatic nitrogens is 1. The van der Waals surface area contributed by atoms with Crippen LogP contribution in [0.3, 0.4) is 0 Å². The molecule has 0 aliphatic heterocycles. The summed E-state index contributed by atoms with van der Waals surface area (Å²) in [6.45, 7) is 0. The highest BCUT2D eigenvalue weighted by atomic mass is 32.1. The van der Waals surface area contributed by atoms with Crippen molar-refractivity contribution in [2.45, 2.75) is 6.42 Å². The lowest BCUT2D eigenvalue weighted by molar-refractivity contribution is -0.115. The first kappa shape index (κ1) is 20.3. The predicted molar refractivity (Wildman–Crippen MR) is 122 cm³/mol. The van der Waals surface area contributed by atoms with E-state index >= 15 is 0 Å². The zero-order chi connectivity index (χ0) is 21.5. The first-order valence-corrected chi connectivity index (χ1v) is 10.5. The van der Waals surface area contributed by atoms with Crippen LogP contribution in [0.2, 0.25) is 0 Å². The summed E-state index contributed by atoms with van der Waals surface area (Å²) in [5.41, 5.74) is 1.65. The number of anilines is 2. The van der Waals surface area contributed by atoms with Crippen LogP contribution in [0.5, 0.6) is 11.5 Å². The predicted octanol–water partition coefficient (Wildman–Crippen LogP) is 5.37. The molecule has 2 amide bonds.